The fraction of sp³-hybridized carbons (Fsp3) is 0.316. The summed E-state index contributed by atoms with van der Waals surface area (Å²) in [4.78, 5) is 11.9. The van der Waals surface area contributed by atoms with Crippen LogP contribution < -0.4 is 10.6 Å². The molecule has 0 aliphatic rings. The Bertz CT molecular complexity index is 659. The van der Waals surface area contributed by atoms with E-state index in [-0.39, 0.29) is 24.5 Å². The van der Waals surface area contributed by atoms with Crippen LogP contribution in [0.3, 0.4) is 0 Å². The highest BCUT2D eigenvalue weighted by molar-refractivity contribution is 5.74. The molecule has 128 valence electrons. The lowest BCUT2D eigenvalue weighted by atomic mass is 10.1. The predicted octanol–water partition coefficient (Wildman–Crippen LogP) is 2.79. The van der Waals surface area contributed by atoms with Crippen molar-refractivity contribution >= 4 is 6.03 Å². The Morgan fingerprint density at radius 1 is 1.12 bits per heavy atom. The molecular formula is C19H23FN2O2. The normalized spacial score (nSPS) is 11.8. The van der Waals surface area contributed by atoms with Gasteiger partial charge in [-0.1, -0.05) is 42.5 Å². The van der Waals surface area contributed by atoms with E-state index < -0.39 is 0 Å². The van der Waals surface area contributed by atoms with Gasteiger partial charge in [0, 0.05) is 12.6 Å². The highest BCUT2D eigenvalue weighted by Gasteiger charge is 2.10. The van der Waals surface area contributed by atoms with Crippen molar-refractivity contribution in [3.05, 3.63) is 71.0 Å². The molecule has 24 heavy (non-hydrogen) atoms. The average molecular weight is 330 g/mol. The lowest BCUT2D eigenvalue weighted by Gasteiger charge is -2.15. The van der Waals surface area contributed by atoms with Crippen molar-refractivity contribution in [2.45, 2.75) is 32.4 Å². The van der Waals surface area contributed by atoms with Crippen molar-refractivity contribution in [2.75, 3.05) is 6.54 Å². The van der Waals surface area contributed by atoms with Gasteiger partial charge in [0.05, 0.1) is 6.61 Å². The Balaban J connectivity index is 1.71. The molecule has 5 heteroatoms. The monoisotopic (exact) mass is 330 g/mol. The molecule has 0 saturated carbocycles. The van der Waals surface area contributed by atoms with Gasteiger partial charge in [0.15, 0.2) is 0 Å². The minimum Gasteiger partial charge on any atom is -0.392 e. The zero-order chi connectivity index (χ0) is 17.4. The number of aliphatic hydroxyl groups is 1. The number of nitrogens with one attached hydrogen (secondary N) is 2. The Labute approximate surface area is 141 Å². The highest BCUT2D eigenvalue weighted by atomic mass is 19.1. The van der Waals surface area contributed by atoms with Gasteiger partial charge in [-0.15, -0.1) is 0 Å². The van der Waals surface area contributed by atoms with Crippen molar-refractivity contribution in [1.29, 1.82) is 0 Å². The van der Waals surface area contributed by atoms with Gasteiger partial charge in [0.1, 0.15) is 5.82 Å². The van der Waals surface area contributed by atoms with Crippen LogP contribution in [0.1, 0.15) is 23.6 Å². The zero-order valence-corrected chi connectivity index (χ0v) is 13.8. The molecule has 0 aliphatic carbocycles. The number of hydrogen-bond acceptors (Lipinski definition) is 2. The molecule has 0 fully saturated rings. The van der Waals surface area contributed by atoms with Crippen molar-refractivity contribution in [3.63, 3.8) is 0 Å². The first-order valence-corrected chi connectivity index (χ1v) is 8.05. The molecule has 2 aromatic carbocycles. The van der Waals surface area contributed by atoms with Gasteiger partial charge in [-0.2, -0.15) is 0 Å². The fourth-order valence-electron chi connectivity index (χ4n) is 2.45. The van der Waals surface area contributed by atoms with E-state index in [1.807, 2.05) is 31.2 Å². The van der Waals surface area contributed by atoms with Crippen LogP contribution in [-0.2, 0) is 19.4 Å². The number of hydrogen-bond donors (Lipinski definition) is 3. The summed E-state index contributed by atoms with van der Waals surface area (Å²) in [7, 11) is 0. The van der Waals surface area contributed by atoms with Crippen LogP contribution in [0.15, 0.2) is 48.5 Å². The van der Waals surface area contributed by atoms with E-state index in [4.69, 9.17) is 5.11 Å². The highest BCUT2D eigenvalue weighted by Crippen LogP contribution is 2.09. The summed E-state index contributed by atoms with van der Waals surface area (Å²) in [6.45, 7) is 2.39. The summed E-state index contributed by atoms with van der Waals surface area (Å²) in [6, 6.07) is 13.8. The largest absolute Gasteiger partial charge is 0.392 e. The molecule has 0 bridgehead atoms. The van der Waals surface area contributed by atoms with Gasteiger partial charge in [-0.25, -0.2) is 9.18 Å². The second-order valence-electron chi connectivity index (χ2n) is 5.82. The molecule has 2 aromatic rings. The van der Waals surface area contributed by atoms with Crippen LogP contribution in [-0.4, -0.2) is 23.7 Å². The number of halogens is 1. The third-order valence-electron chi connectivity index (χ3n) is 3.77. The van der Waals surface area contributed by atoms with E-state index in [1.54, 1.807) is 18.2 Å². The van der Waals surface area contributed by atoms with Gasteiger partial charge < -0.3 is 15.7 Å². The third kappa shape index (κ3) is 5.66. The van der Waals surface area contributed by atoms with Crippen molar-refractivity contribution in [3.8, 4) is 0 Å². The van der Waals surface area contributed by atoms with Crippen molar-refractivity contribution in [1.82, 2.24) is 10.6 Å². The smallest absolute Gasteiger partial charge is 0.315 e. The van der Waals surface area contributed by atoms with Gasteiger partial charge in [0.2, 0.25) is 0 Å². The van der Waals surface area contributed by atoms with Gasteiger partial charge >= 0.3 is 6.03 Å². The fourth-order valence-corrected chi connectivity index (χ4v) is 2.45. The van der Waals surface area contributed by atoms with E-state index >= 15 is 0 Å². The summed E-state index contributed by atoms with van der Waals surface area (Å²) in [5.41, 5.74) is 2.55. The van der Waals surface area contributed by atoms with E-state index in [0.29, 0.717) is 24.9 Å². The van der Waals surface area contributed by atoms with Crippen LogP contribution in [0.4, 0.5) is 9.18 Å². The van der Waals surface area contributed by atoms with E-state index in [0.717, 1.165) is 11.1 Å². The number of rotatable bonds is 7. The van der Waals surface area contributed by atoms with Crippen molar-refractivity contribution in [2.24, 2.45) is 0 Å². The molecule has 3 N–H and O–H groups in total. The second-order valence-corrected chi connectivity index (χ2v) is 5.82. The number of aliphatic hydroxyl groups excluding tert-OH is 1. The molecule has 2 rings (SSSR count). The Hall–Kier alpha value is -2.40. The summed E-state index contributed by atoms with van der Waals surface area (Å²) < 4.78 is 13.6. The first kappa shape index (κ1) is 17.9. The molecule has 0 radical (unpaired) electrons. The second kappa shape index (κ2) is 9.03. The molecule has 0 aliphatic heterocycles. The lowest BCUT2D eigenvalue weighted by molar-refractivity contribution is 0.238. The van der Waals surface area contributed by atoms with Crippen LogP contribution in [0.2, 0.25) is 0 Å². The van der Waals surface area contributed by atoms with Gasteiger partial charge in [-0.3, -0.25) is 0 Å². The first-order chi connectivity index (χ1) is 11.6. The minimum absolute atomic E-state index is 0.0286. The number of amides is 2. The molecule has 1 atom stereocenters. The molecular weight excluding hydrogens is 307 g/mol. The molecule has 0 spiro atoms. The average Bonchev–Trinajstić information content (AvgIpc) is 2.57. The van der Waals surface area contributed by atoms with E-state index in [2.05, 4.69) is 10.6 Å². The number of benzene rings is 2. The Kier molecular flexibility index (Phi) is 6.75. The van der Waals surface area contributed by atoms with Crippen LogP contribution in [0.25, 0.3) is 0 Å². The standard InChI is InChI=1S/C19H23FN2O2/c1-14(12-17-4-2-3-5-18(17)20)22-19(24)21-11-10-15-6-8-16(13-23)9-7-15/h2-9,14,23H,10-13H2,1H3,(H2,21,22,24). The van der Waals surface area contributed by atoms with Crippen molar-refractivity contribution < 1.29 is 14.3 Å². The minimum atomic E-state index is -0.259. The van der Waals surface area contributed by atoms with E-state index in [1.165, 1.54) is 6.07 Å². The maximum atomic E-state index is 13.6. The Morgan fingerprint density at radius 2 is 1.79 bits per heavy atom. The van der Waals surface area contributed by atoms with Gasteiger partial charge in [-0.05, 0) is 42.5 Å². The first-order valence-electron chi connectivity index (χ1n) is 8.05. The maximum absolute atomic E-state index is 13.6. The van der Waals surface area contributed by atoms with E-state index in [9.17, 15) is 9.18 Å². The number of carbonyl (C=O) groups is 1. The lowest BCUT2D eigenvalue weighted by Crippen LogP contribution is -2.42. The zero-order valence-electron chi connectivity index (χ0n) is 13.8. The third-order valence-corrected chi connectivity index (χ3v) is 3.77. The molecule has 2 amide bonds. The van der Waals surface area contributed by atoms with Crippen LogP contribution in [0, 0.1) is 5.82 Å². The summed E-state index contributed by atoms with van der Waals surface area (Å²) in [5, 5.41) is 14.6. The maximum Gasteiger partial charge on any atom is 0.315 e. The SMILES string of the molecule is CC(Cc1ccccc1F)NC(=O)NCCc1ccc(CO)cc1. The predicted molar refractivity (Wildman–Crippen MR) is 92.2 cm³/mol. The van der Waals surface area contributed by atoms with Crippen LogP contribution >= 0.6 is 0 Å². The number of carbonyl (C=O) groups excluding carboxylic acids is 1. The summed E-state index contributed by atoms with van der Waals surface area (Å²) >= 11 is 0. The molecule has 0 heterocycles. The number of urea groups is 1. The molecule has 1 unspecified atom stereocenters. The topological polar surface area (TPSA) is 61.4 Å². The van der Waals surface area contributed by atoms with Gasteiger partial charge in [0.25, 0.3) is 0 Å². The molecule has 4 nitrogen and oxygen atoms in total. The quantitative estimate of drug-likeness (QED) is 0.731. The van der Waals surface area contributed by atoms with Crippen LogP contribution in [0.5, 0.6) is 0 Å². The molecule has 0 saturated heterocycles. The summed E-state index contributed by atoms with van der Waals surface area (Å²) in [6.07, 6.45) is 1.16. The molecule has 0 aromatic heterocycles. The Morgan fingerprint density at radius 3 is 2.46 bits per heavy atom. The summed E-state index contributed by atoms with van der Waals surface area (Å²) in [5.74, 6) is -0.252.